The van der Waals surface area contributed by atoms with Crippen LogP contribution in [0.3, 0.4) is 0 Å². The zero-order chi connectivity index (χ0) is 7.11. The number of hydrogen-bond donors (Lipinski definition) is 2. The van der Waals surface area contributed by atoms with E-state index < -0.39 is 0 Å². The van der Waals surface area contributed by atoms with Crippen molar-refractivity contribution in [2.24, 2.45) is 5.73 Å². The summed E-state index contributed by atoms with van der Waals surface area (Å²) < 4.78 is 0. The molecule has 0 heterocycles. The van der Waals surface area contributed by atoms with E-state index in [9.17, 15) is 0 Å². The Bertz CT molecular complexity index is 61.0. The van der Waals surface area contributed by atoms with Crippen LogP contribution in [0.1, 0.15) is 12.8 Å². The van der Waals surface area contributed by atoms with Gasteiger partial charge in [0.2, 0.25) is 0 Å². The molecule has 56 valence electrons. The lowest BCUT2D eigenvalue weighted by Crippen LogP contribution is -2.13. The summed E-state index contributed by atoms with van der Waals surface area (Å²) in [6, 6.07) is 0. The summed E-state index contributed by atoms with van der Waals surface area (Å²) in [7, 11) is 0. The predicted molar refractivity (Wildman–Crippen MR) is 42.7 cm³/mol. The third-order valence-electron chi connectivity index (χ3n) is 1.16. The van der Waals surface area contributed by atoms with Gasteiger partial charge >= 0.3 is 0 Å². The largest absolute Gasteiger partial charge is 0.393 e. The minimum atomic E-state index is -0.178. The highest BCUT2D eigenvalue weighted by Gasteiger charge is 1.99. The van der Waals surface area contributed by atoms with Crippen LogP contribution in [-0.2, 0) is 0 Å². The van der Waals surface area contributed by atoms with Crippen LogP contribution >= 0.6 is 11.8 Å². The monoisotopic (exact) mass is 149 g/mol. The summed E-state index contributed by atoms with van der Waals surface area (Å²) >= 11 is 1.75. The molecule has 9 heavy (non-hydrogen) atoms. The SMILES string of the molecule is CSCC[C@H](O)CCN. The van der Waals surface area contributed by atoms with E-state index in [4.69, 9.17) is 10.8 Å². The number of hydrogen-bond acceptors (Lipinski definition) is 3. The molecule has 0 spiro atoms. The summed E-state index contributed by atoms with van der Waals surface area (Å²) in [6.07, 6.45) is 3.47. The van der Waals surface area contributed by atoms with Crippen molar-refractivity contribution in [1.29, 1.82) is 0 Å². The van der Waals surface area contributed by atoms with E-state index in [1.54, 1.807) is 11.8 Å². The Balaban J connectivity index is 2.95. The fourth-order valence-corrected chi connectivity index (χ4v) is 1.10. The molecule has 0 aromatic heterocycles. The van der Waals surface area contributed by atoms with Crippen LogP contribution < -0.4 is 5.73 Å². The van der Waals surface area contributed by atoms with E-state index >= 15 is 0 Å². The lowest BCUT2D eigenvalue weighted by atomic mass is 10.2. The first kappa shape index (κ1) is 9.27. The van der Waals surface area contributed by atoms with Crippen molar-refractivity contribution in [2.45, 2.75) is 18.9 Å². The van der Waals surface area contributed by atoms with E-state index in [1.165, 1.54) is 0 Å². The van der Waals surface area contributed by atoms with E-state index in [0.29, 0.717) is 6.54 Å². The Morgan fingerprint density at radius 1 is 1.56 bits per heavy atom. The molecule has 0 aliphatic carbocycles. The number of nitrogens with two attached hydrogens (primary N) is 1. The summed E-state index contributed by atoms with van der Waals surface area (Å²) in [6.45, 7) is 0.593. The molecule has 0 saturated heterocycles. The van der Waals surface area contributed by atoms with Crippen molar-refractivity contribution in [3.05, 3.63) is 0 Å². The highest BCUT2D eigenvalue weighted by Crippen LogP contribution is 2.01. The van der Waals surface area contributed by atoms with Gasteiger partial charge in [-0.2, -0.15) is 11.8 Å². The number of thioether (sulfide) groups is 1. The molecule has 3 heteroatoms. The van der Waals surface area contributed by atoms with Crippen molar-refractivity contribution >= 4 is 11.8 Å². The molecule has 0 aliphatic rings. The third-order valence-corrected chi connectivity index (χ3v) is 1.80. The van der Waals surface area contributed by atoms with E-state index in [1.807, 2.05) is 6.26 Å². The molecule has 0 unspecified atom stereocenters. The van der Waals surface area contributed by atoms with Crippen molar-refractivity contribution in [3.63, 3.8) is 0 Å². The lowest BCUT2D eigenvalue weighted by molar-refractivity contribution is 0.164. The molecule has 2 nitrogen and oxygen atoms in total. The highest BCUT2D eigenvalue weighted by atomic mass is 32.2. The Kier molecular flexibility index (Phi) is 6.58. The van der Waals surface area contributed by atoms with Gasteiger partial charge in [-0.1, -0.05) is 0 Å². The van der Waals surface area contributed by atoms with Gasteiger partial charge in [0.05, 0.1) is 6.10 Å². The van der Waals surface area contributed by atoms with Gasteiger partial charge in [0.25, 0.3) is 0 Å². The molecule has 0 bridgehead atoms. The average molecular weight is 149 g/mol. The topological polar surface area (TPSA) is 46.2 Å². The normalized spacial score (nSPS) is 13.7. The number of rotatable bonds is 5. The fourth-order valence-electron chi connectivity index (χ4n) is 0.591. The van der Waals surface area contributed by atoms with Gasteiger partial charge in [0.1, 0.15) is 0 Å². The second-order valence-electron chi connectivity index (χ2n) is 2.01. The minimum absolute atomic E-state index is 0.178. The summed E-state index contributed by atoms with van der Waals surface area (Å²) in [5.74, 6) is 1.03. The van der Waals surface area contributed by atoms with Crippen molar-refractivity contribution in [2.75, 3.05) is 18.6 Å². The molecule has 0 aromatic rings. The maximum atomic E-state index is 9.09. The molecule has 0 amide bonds. The fraction of sp³-hybridized carbons (Fsp3) is 1.00. The van der Waals surface area contributed by atoms with Gasteiger partial charge in [-0.25, -0.2) is 0 Å². The summed E-state index contributed by atoms with van der Waals surface area (Å²) in [5.41, 5.74) is 5.23. The quantitative estimate of drug-likeness (QED) is 0.596. The smallest absolute Gasteiger partial charge is 0.0560 e. The molecule has 0 saturated carbocycles. The molecule has 0 radical (unpaired) electrons. The standard InChI is InChI=1S/C6H15NOS/c1-9-5-3-6(8)2-4-7/h6,8H,2-5,7H2,1H3/t6-/m1/s1. The molecule has 0 fully saturated rings. The van der Waals surface area contributed by atoms with E-state index in [-0.39, 0.29) is 6.10 Å². The van der Waals surface area contributed by atoms with Crippen LogP contribution in [0.15, 0.2) is 0 Å². The Hall–Kier alpha value is 0.270. The Labute approximate surface area is 60.8 Å². The Morgan fingerprint density at radius 3 is 2.67 bits per heavy atom. The summed E-state index contributed by atoms with van der Waals surface area (Å²) in [5, 5.41) is 9.09. The molecule has 0 aliphatic heterocycles. The minimum Gasteiger partial charge on any atom is -0.393 e. The van der Waals surface area contributed by atoms with Crippen LogP contribution in [0.4, 0.5) is 0 Å². The molecule has 3 N–H and O–H groups in total. The third kappa shape index (κ3) is 6.15. The predicted octanol–water partition coefficient (Wildman–Crippen LogP) is 0.449. The zero-order valence-corrected chi connectivity index (χ0v) is 6.66. The van der Waals surface area contributed by atoms with Crippen LogP contribution in [0.5, 0.6) is 0 Å². The van der Waals surface area contributed by atoms with Crippen LogP contribution in [-0.4, -0.2) is 29.8 Å². The number of aliphatic hydroxyl groups excluding tert-OH is 1. The van der Waals surface area contributed by atoms with E-state index in [0.717, 1.165) is 18.6 Å². The molecule has 1 atom stereocenters. The van der Waals surface area contributed by atoms with Crippen LogP contribution in [0, 0.1) is 0 Å². The maximum absolute atomic E-state index is 9.09. The van der Waals surface area contributed by atoms with Crippen molar-refractivity contribution in [3.8, 4) is 0 Å². The Morgan fingerprint density at radius 2 is 2.22 bits per heavy atom. The van der Waals surface area contributed by atoms with Crippen molar-refractivity contribution < 1.29 is 5.11 Å². The second kappa shape index (κ2) is 6.39. The van der Waals surface area contributed by atoms with Crippen molar-refractivity contribution in [1.82, 2.24) is 0 Å². The van der Waals surface area contributed by atoms with Gasteiger partial charge in [-0.3, -0.25) is 0 Å². The van der Waals surface area contributed by atoms with Gasteiger partial charge in [-0.05, 0) is 31.4 Å². The van der Waals surface area contributed by atoms with E-state index in [2.05, 4.69) is 0 Å². The highest BCUT2D eigenvalue weighted by molar-refractivity contribution is 7.98. The van der Waals surface area contributed by atoms with Gasteiger partial charge in [0.15, 0.2) is 0 Å². The van der Waals surface area contributed by atoms with Gasteiger partial charge in [-0.15, -0.1) is 0 Å². The lowest BCUT2D eigenvalue weighted by Gasteiger charge is -2.05. The second-order valence-corrected chi connectivity index (χ2v) is 3.00. The molecular weight excluding hydrogens is 134 g/mol. The van der Waals surface area contributed by atoms with Crippen LogP contribution in [0.25, 0.3) is 0 Å². The first-order chi connectivity index (χ1) is 4.31. The maximum Gasteiger partial charge on any atom is 0.0560 e. The van der Waals surface area contributed by atoms with Crippen LogP contribution in [0.2, 0.25) is 0 Å². The molecular formula is C6H15NOS. The first-order valence-corrected chi connectivity index (χ1v) is 4.57. The average Bonchev–Trinajstić information content (AvgIpc) is 1.85. The van der Waals surface area contributed by atoms with Gasteiger partial charge in [0, 0.05) is 0 Å². The van der Waals surface area contributed by atoms with Gasteiger partial charge < -0.3 is 10.8 Å². The number of aliphatic hydroxyl groups is 1. The molecule has 0 aromatic carbocycles. The molecule has 0 rings (SSSR count). The zero-order valence-electron chi connectivity index (χ0n) is 5.84. The first-order valence-electron chi connectivity index (χ1n) is 3.18. The summed E-state index contributed by atoms with van der Waals surface area (Å²) in [4.78, 5) is 0.